The second kappa shape index (κ2) is 9.43. The van der Waals surface area contributed by atoms with E-state index in [1.54, 1.807) is 18.2 Å². The van der Waals surface area contributed by atoms with Gasteiger partial charge in [-0.1, -0.05) is 23.5 Å². The number of aliphatic hydroxyl groups excluding tert-OH is 1. The van der Waals surface area contributed by atoms with Gasteiger partial charge in [0.2, 0.25) is 0 Å². The number of aromatic nitrogens is 1. The van der Waals surface area contributed by atoms with Crippen molar-refractivity contribution < 1.29 is 28.7 Å². The maximum Gasteiger partial charge on any atom is 0.301 e. The molecule has 11 heteroatoms. The quantitative estimate of drug-likeness (QED) is 0.119. The van der Waals surface area contributed by atoms with E-state index >= 15 is 0 Å². The fraction of sp³-hybridized carbons (Fsp3) is 0.115. The van der Waals surface area contributed by atoms with Gasteiger partial charge in [-0.05, 0) is 55.0 Å². The molecule has 0 saturated carbocycles. The Balaban J connectivity index is 1.71. The van der Waals surface area contributed by atoms with Crippen LogP contribution in [-0.2, 0) is 9.59 Å². The number of nitrogens with zero attached hydrogens (tertiary/aromatic N) is 3. The summed E-state index contributed by atoms with van der Waals surface area (Å²) in [4.78, 5) is 43.1. The highest BCUT2D eigenvalue weighted by molar-refractivity contribution is 7.22. The first kappa shape index (κ1) is 24.1. The first-order chi connectivity index (χ1) is 17.8. The van der Waals surface area contributed by atoms with Crippen molar-refractivity contribution in [3.8, 4) is 5.75 Å². The number of carbonyl (C=O) groups excluding carboxylic acids is 2. The monoisotopic (exact) mass is 519 g/mol. The number of halogens is 1. The highest BCUT2D eigenvalue weighted by Gasteiger charge is 2.48. The molecule has 1 fully saturated rings. The van der Waals surface area contributed by atoms with Gasteiger partial charge in [0.05, 0.1) is 33.4 Å². The Morgan fingerprint density at radius 3 is 2.62 bits per heavy atom. The molecule has 1 saturated heterocycles. The van der Waals surface area contributed by atoms with Crippen molar-refractivity contribution in [3.63, 3.8) is 0 Å². The van der Waals surface area contributed by atoms with E-state index in [1.807, 2.05) is 6.92 Å². The number of ether oxygens (including phenoxy) is 1. The molecule has 1 aliphatic rings. The lowest BCUT2D eigenvalue weighted by molar-refractivity contribution is -0.384. The zero-order valence-corrected chi connectivity index (χ0v) is 20.1. The first-order valence-electron chi connectivity index (χ1n) is 11.1. The van der Waals surface area contributed by atoms with Crippen LogP contribution in [0.5, 0.6) is 5.75 Å². The predicted octanol–water partition coefficient (Wildman–Crippen LogP) is 5.37. The van der Waals surface area contributed by atoms with E-state index in [0.29, 0.717) is 22.6 Å². The molecule has 1 aliphatic heterocycles. The summed E-state index contributed by atoms with van der Waals surface area (Å²) in [7, 11) is 0. The lowest BCUT2D eigenvalue weighted by Crippen LogP contribution is -2.29. The van der Waals surface area contributed by atoms with Crippen LogP contribution in [0.2, 0.25) is 0 Å². The Morgan fingerprint density at radius 2 is 1.92 bits per heavy atom. The van der Waals surface area contributed by atoms with E-state index in [-0.39, 0.29) is 27.5 Å². The number of anilines is 1. The third-order valence-corrected chi connectivity index (χ3v) is 6.84. The van der Waals surface area contributed by atoms with Gasteiger partial charge >= 0.3 is 5.91 Å². The van der Waals surface area contributed by atoms with Crippen LogP contribution in [0.4, 0.5) is 15.2 Å². The lowest BCUT2D eigenvalue weighted by Gasteiger charge is -2.22. The van der Waals surface area contributed by atoms with Crippen molar-refractivity contribution in [1.29, 1.82) is 0 Å². The van der Waals surface area contributed by atoms with Gasteiger partial charge in [0.15, 0.2) is 5.13 Å². The number of fused-ring (bicyclic) bond motifs is 1. The van der Waals surface area contributed by atoms with Gasteiger partial charge in [-0.15, -0.1) is 0 Å². The Kier molecular flexibility index (Phi) is 6.14. The average molecular weight is 520 g/mol. The molecule has 4 aromatic rings. The van der Waals surface area contributed by atoms with Crippen molar-refractivity contribution in [3.05, 3.63) is 99.4 Å². The molecule has 0 radical (unpaired) electrons. The van der Waals surface area contributed by atoms with Crippen molar-refractivity contribution in [2.75, 3.05) is 11.5 Å². The maximum absolute atomic E-state index is 13.5. The van der Waals surface area contributed by atoms with E-state index in [4.69, 9.17) is 4.74 Å². The highest BCUT2D eigenvalue weighted by atomic mass is 32.1. The summed E-state index contributed by atoms with van der Waals surface area (Å²) < 4.78 is 19.7. The Labute approximate surface area is 213 Å². The number of hydrogen-bond acceptors (Lipinski definition) is 8. The minimum absolute atomic E-state index is 0.112. The summed E-state index contributed by atoms with van der Waals surface area (Å²) in [5, 5.41) is 22.7. The number of carbonyl (C=O) groups is 2. The number of aliphatic hydroxyl groups is 1. The zero-order chi connectivity index (χ0) is 26.3. The van der Waals surface area contributed by atoms with Crippen molar-refractivity contribution in [2.24, 2.45) is 0 Å². The van der Waals surface area contributed by atoms with E-state index in [1.165, 1.54) is 36.4 Å². The molecule has 0 spiro atoms. The fourth-order valence-electron chi connectivity index (χ4n) is 4.17. The normalized spacial score (nSPS) is 16.9. The number of nitro groups is 1. The molecule has 1 aromatic heterocycles. The van der Waals surface area contributed by atoms with E-state index in [9.17, 15) is 29.2 Å². The molecular formula is C26H18FN3O6S. The van der Waals surface area contributed by atoms with E-state index in [2.05, 4.69) is 4.98 Å². The Bertz CT molecular complexity index is 1600. The van der Waals surface area contributed by atoms with Gasteiger partial charge < -0.3 is 9.84 Å². The number of ketones is 1. The lowest BCUT2D eigenvalue weighted by atomic mass is 9.95. The van der Waals surface area contributed by atoms with E-state index < -0.39 is 34.2 Å². The van der Waals surface area contributed by atoms with Gasteiger partial charge in [0.25, 0.3) is 11.5 Å². The molecule has 5 rings (SSSR count). The highest BCUT2D eigenvalue weighted by Crippen LogP contribution is 2.45. The topological polar surface area (TPSA) is 123 Å². The number of non-ortho nitro benzene ring substituents is 1. The van der Waals surface area contributed by atoms with Crippen molar-refractivity contribution in [1.82, 2.24) is 4.98 Å². The molecule has 186 valence electrons. The average Bonchev–Trinajstić information content (AvgIpc) is 3.42. The van der Waals surface area contributed by atoms with Gasteiger partial charge in [0, 0.05) is 17.7 Å². The number of hydrogen-bond donors (Lipinski definition) is 1. The van der Waals surface area contributed by atoms with Gasteiger partial charge in [-0.25, -0.2) is 9.37 Å². The summed E-state index contributed by atoms with van der Waals surface area (Å²) in [5.41, 5.74) is 0.357. The number of Topliss-reactive ketones (excluding diaryl/α,β-unsaturated/α-hetero) is 1. The minimum atomic E-state index is -1.21. The SMILES string of the molecule is CCOc1ccc2nc(N3C(=O)C(=O)/C(=C(/O)c4ccc(F)cc4)C3c3cccc([N+](=O)[O-])c3)sc2c1. The van der Waals surface area contributed by atoms with Gasteiger partial charge in [-0.3, -0.25) is 24.6 Å². The van der Waals surface area contributed by atoms with Crippen LogP contribution in [0.3, 0.4) is 0 Å². The zero-order valence-electron chi connectivity index (χ0n) is 19.3. The maximum atomic E-state index is 13.5. The van der Waals surface area contributed by atoms with Crippen LogP contribution < -0.4 is 9.64 Å². The van der Waals surface area contributed by atoms with Crippen LogP contribution >= 0.6 is 11.3 Å². The predicted molar refractivity (Wildman–Crippen MR) is 135 cm³/mol. The molecule has 37 heavy (non-hydrogen) atoms. The molecule has 1 amide bonds. The smallest absolute Gasteiger partial charge is 0.301 e. The van der Waals surface area contributed by atoms with Crippen LogP contribution in [0.1, 0.15) is 24.1 Å². The number of benzene rings is 3. The van der Waals surface area contributed by atoms with E-state index in [0.717, 1.165) is 28.4 Å². The Morgan fingerprint density at radius 1 is 1.16 bits per heavy atom. The molecular weight excluding hydrogens is 501 g/mol. The van der Waals surface area contributed by atoms with Crippen LogP contribution in [0.15, 0.2) is 72.3 Å². The number of thiazole rings is 1. The van der Waals surface area contributed by atoms with Gasteiger partial charge in [-0.2, -0.15) is 0 Å². The summed E-state index contributed by atoms with van der Waals surface area (Å²) in [5.74, 6) is -2.42. The summed E-state index contributed by atoms with van der Waals surface area (Å²) in [6, 6.07) is 14.2. The minimum Gasteiger partial charge on any atom is -0.507 e. The summed E-state index contributed by atoms with van der Waals surface area (Å²) in [6.07, 6.45) is 0. The van der Waals surface area contributed by atoms with Crippen molar-refractivity contribution >= 4 is 49.8 Å². The fourth-order valence-corrected chi connectivity index (χ4v) is 5.19. The second-order valence-corrected chi connectivity index (χ2v) is 9.10. The molecule has 1 atom stereocenters. The Hall–Kier alpha value is -4.64. The van der Waals surface area contributed by atoms with Crippen LogP contribution in [0.25, 0.3) is 16.0 Å². The molecule has 9 nitrogen and oxygen atoms in total. The third kappa shape index (κ3) is 4.29. The number of nitro benzene ring substituents is 1. The molecule has 0 bridgehead atoms. The molecule has 0 aliphatic carbocycles. The van der Waals surface area contributed by atoms with Crippen molar-refractivity contribution in [2.45, 2.75) is 13.0 Å². The first-order valence-corrected chi connectivity index (χ1v) is 11.9. The third-order valence-electron chi connectivity index (χ3n) is 5.82. The van der Waals surface area contributed by atoms with Gasteiger partial charge in [0.1, 0.15) is 17.3 Å². The molecule has 3 aromatic carbocycles. The second-order valence-electron chi connectivity index (χ2n) is 8.09. The largest absolute Gasteiger partial charge is 0.507 e. The number of rotatable bonds is 6. The number of amides is 1. The van der Waals surface area contributed by atoms with Crippen LogP contribution in [0, 0.1) is 15.9 Å². The molecule has 1 unspecified atom stereocenters. The van der Waals surface area contributed by atoms with Crippen LogP contribution in [-0.4, -0.2) is 33.3 Å². The standard InChI is InChI=1S/C26H18FN3O6S/c1-2-36-18-10-11-19-20(13-18)37-26(28-19)29-22(15-4-3-5-17(12-15)30(34)35)21(24(32)25(29)33)23(31)14-6-8-16(27)9-7-14/h3-13,22,31H,2H2,1H3/b23-21+. The molecule has 2 heterocycles. The molecule has 1 N–H and O–H groups in total. The summed E-state index contributed by atoms with van der Waals surface area (Å²) >= 11 is 1.13. The summed E-state index contributed by atoms with van der Waals surface area (Å²) in [6.45, 7) is 2.31.